The Hall–Kier alpha value is -0.243. The number of carbonyl (C=O) groups is 1. The molecule has 2 heteroatoms. The highest BCUT2D eigenvalue weighted by atomic mass is 28.1. The van der Waals surface area contributed by atoms with Crippen molar-refractivity contribution in [1.82, 2.24) is 0 Å². The SMILES string of the molecule is CC(=O)C(C)=[SiH2]. The Kier molecular flexibility index (Phi) is 1.94. The lowest BCUT2D eigenvalue weighted by atomic mass is 10.4. The molecule has 0 N–H and O–H groups in total. The molecule has 0 saturated carbocycles. The van der Waals surface area contributed by atoms with Gasteiger partial charge in [0, 0.05) is 0 Å². The highest BCUT2D eigenvalue weighted by Crippen LogP contribution is 1.65. The topological polar surface area (TPSA) is 17.1 Å². The van der Waals surface area contributed by atoms with Crippen LogP contribution in [0.15, 0.2) is 0 Å². The van der Waals surface area contributed by atoms with Gasteiger partial charge in [0.05, 0.1) is 0 Å². The van der Waals surface area contributed by atoms with Crippen LogP contribution in [0.1, 0.15) is 13.8 Å². The van der Waals surface area contributed by atoms with E-state index in [4.69, 9.17) is 0 Å². The van der Waals surface area contributed by atoms with Crippen molar-refractivity contribution in [2.24, 2.45) is 0 Å². The number of carbonyl (C=O) groups excluding carboxylic acids is 1. The summed E-state index contributed by atoms with van der Waals surface area (Å²) in [5, 5.41) is 0.898. The molecule has 1 nitrogen and oxygen atoms in total. The fraction of sp³-hybridized carbons (Fsp3) is 0.500. The molecule has 0 aromatic heterocycles. The first-order chi connectivity index (χ1) is 2.64. The highest BCUT2D eigenvalue weighted by molar-refractivity contribution is 6.61. The average Bonchev–Trinajstić information content (AvgIpc) is 1.36. The van der Waals surface area contributed by atoms with E-state index in [1.807, 2.05) is 6.92 Å². The summed E-state index contributed by atoms with van der Waals surface area (Å²) < 4.78 is 0. The van der Waals surface area contributed by atoms with Crippen LogP contribution in [0, 0.1) is 0 Å². The second-order valence-electron chi connectivity index (χ2n) is 1.34. The second-order valence-corrected chi connectivity index (χ2v) is 2.40. The molecule has 0 heterocycles. The van der Waals surface area contributed by atoms with E-state index in [1.165, 1.54) is 0 Å². The lowest BCUT2D eigenvalue weighted by molar-refractivity contribution is -0.110. The number of ketones is 1. The molecule has 0 aliphatic rings. The van der Waals surface area contributed by atoms with Crippen LogP contribution in [0.25, 0.3) is 0 Å². The molecule has 34 valence electrons. The van der Waals surface area contributed by atoms with Gasteiger partial charge in [-0.15, -0.1) is 0 Å². The average molecular weight is 100 g/mol. The molecule has 0 aromatic carbocycles. The zero-order chi connectivity index (χ0) is 5.15. The Labute approximate surface area is 40.4 Å². The lowest BCUT2D eigenvalue weighted by Gasteiger charge is -1.81. The van der Waals surface area contributed by atoms with Gasteiger partial charge in [0.25, 0.3) is 0 Å². The van der Waals surface area contributed by atoms with Gasteiger partial charge in [-0.05, 0) is 28.9 Å². The Bertz CT molecular complexity index is 73.5. The normalized spacial score (nSPS) is 7.67. The molecule has 0 radical (unpaired) electrons. The molecular formula is C4H8OSi. The third-order valence-corrected chi connectivity index (χ3v) is 1.10. The predicted molar refractivity (Wildman–Crippen MR) is 29.9 cm³/mol. The van der Waals surface area contributed by atoms with Gasteiger partial charge >= 0.3 is 0 Å². The molecular weight excluding hydrogens is 92.1 g/mol. The van der Waals surface area contributed by atoms with Gasteiger partial charge in [0.2, 0.25) is 0 Å². The standard InChI is InChI=1S/C4H8OSi/c1-3(5)4(2)6/h6H2,1-2H3. The van der Waals surface area contributed by atoms with Gasteiger partial charge in [0.1, 0.15) is 5.78 Å². The first kappa shape index (κ1) is 5.76. The molecule has 0 unspecified atom stereocenters. The van der Waals surface area contributed by atoms with Crippen molar-refractivity contribution in [2.45, 2.75) is 13.8 Å². The maximum Gasteiger partial charge on any atom is 0.150 e. The quantitative estimate of drug-likeness (QED) is 0.402. The van der Waals surface area contributed by atoms with Crippen LogP contribution in [-0.2, 0) is 4.79 Å². The summed E-state index contributed by atoms with van der Waals surface area (Å²) in [5.41, 5.74) is 0. The maximum absolute atomic E-state index is 10.1. The summed E-state index contributed by atoms with van der Waals surface area (Å²) in [6.07, 6.45) is 0. The van der Waals surface area contributed by atoms with E-state index in [9.17, 15) is 4.79 Å². The van der Waals surface area contributed by atoms with E-state index >= 15 is 0 Å². The Morgan fingerprint density at radius 2 is 1.67 bits per heavy atom. The summed E-state index contributed by atoms with van der Waals surface area (Å²) in [5.74, 6) is 0.188. The van der Waals surface area contributed by atoms with Crippen LogP contribution in [0.3, 0.4) is 0 Å². The van der Waals surface area contributed by atoms with Crippen molar-refractivity contribution in [2.75, 3.05) is 0 Å². The first-order valence-electron chi connectivity index (χ1n) is 1.81. The molecule has 0 atom stereocenters. The van der Waals surface area contributed by atoms with Gasteiger partial charge < -0.3 is 0 Å². The minimum absolute atomic E-state index is 0.188. The summed E-state index contributed by atoms with van der Waals surface area (Å²) in [6, 6.07) is 0. The van der Waals surface area contributed by atoms with Crippen LogP contribution in [-0.4, -0.2) is 20.8 Å². The second kappa shape index (κ2) is 2.03. The molecule has 0 aromatic rings. The minimum atomic E-state index is 0.188. The predicted octanol–water partition coefficient (Wildman–Crippen LogP) is -0.599. The van der Waals surface area contributed by atoms with Crippen LogP contribution in [0.2, 0.25) is 0 Å². The molecule has 0 spiro atoms. The zero-order valence-electron chi connectivity index (χ0n) is 4.12. The van der Waals surface area contributed by atoms with Crippen molar-refractivity contribution in [3.63, 3.8) is 0 Å². The van der Waals surface area contributed by atoms with Crippen LogP contribution < -0.4 is 0 Å². The van der Waals surface area contributed by atoms with Gasteiger partial charge in [-0.25, -0.2) is 0 Å². The van der Waals surface area contributed by atoms with E-state index in [0.717, 1.165) is 5.17 Å². The third-order valence-electron chi connectivity index (χ3n) is 0.601. The molecule has 0 aliphatic carbocycles. The van der Waals surface area contributed by atoms with E-state index in [-0.39, 0.29) is 5.78 Å². The summed E-state index contributed by atoms with van der Waals surface area (Å²) in [7, 11) is 1.63. The fourth-order valence-electron chi connectivity index (χ4n) is 0. The molecule has 6 heavy (non-hydrogen) atoms. The van der Waals surface area contributed by atoms with Gasteiger partial charge in [0.15, 0.2) is 0 Å². The monoisotopic (exact) mass is 100 g/mol. The maximum atomic E-state index is 10.1. The molecule has 0 bridgehead atoms. The van der Waals surface area contributed by atoms with Crippen LogP contribution in [0.4, 0.5) is 0 Å². The summed E-state index contributed by atoms with van der Waals surface area (Å²) in [4.78, 5) is 10.1. The number of Topliss-reactive ketones (excluding diaryl/α,β-unsaturated/α-hetero) is 1. The van der Waals surface area contributed by atoms with Crippen molar-refractivity contribution in [3.8, 4) is 0 Å². The third kappa shape index (κ3) is 2.02. The van der Waals surface area contributed by atoms with E-state index < -0.39 is 0 Å². The summed E-state index contributed by atoms with van der Waals surface area (Å²) >= 11 is 0. The fourth-order valence-corrected chi connectivity index (χ4v) is 0. The molecule has 0 aliphatic heterocycles. The van der Waals surface area contributed by atoms with Gasteiger partial charge in [-0.1, -0.05) is 0 Å². The van der Waals surface area contributed by atoms with Crippen molar-refractivity contribution >= 4 is 20.8 Å². The lowest BCUT2D eigenvalue weighted by Crippen LogP contribution is -2.02. The molecule has 0 amide bonds. The van der Waals surface area contributed by atoms with E-state index in [0.29, 0.717) is 0 Å². The van der Waals surface area contributed by atoms with Gasteiger partial charge in [-0.3, -0.25) is 4.79 Å². The largest absolute Gasteiger partial charge is 0.295 e. The molecule has 0 fully saturated rings. The van der Waals surface area contributed by atoms with Crippen molar-refractivity contribution in [1.29, 1.82) is 0 Å². The number of hydrogen-bond donors (Lipinski definition) is 0. The Morgan fingerprint density at radius 1 is 1.50 bits per heavy atom. The van der Waals surface area contributed by atoms with Crippen LogP contribution >= 0.6 is 0 Å². The Morgan fingerprint density at radius 3 is 1.67 bits per heavy atom. The van der Waals surface area contributed by atoms with E-state index in [1.54, 1.807) is 16.8 Å². The van der Waals surface area contributed by atoms with Gasteiger partial charge in [-0.2, -0.15) is 0 Å². The Balaban J connectivity index is 3.57. The minimum Gasteiger partial charge on any atom is -0.295 e. The van der Waals surface area contributed by atoms with Crippen molar-refractivity contribution in [3.05, 3.63) is 0 Å². The van der Waals surface area contributed by atoms with E-state index in [2.05, 4.69) is 0 Å². The number of hydrogen-bond acceptors (Lipinski definition) is 1. The highest BCUT2D eigenvalue weighted by Gasteiger charge is 1.85. The number of rotatable bonds is 1. The van der Waals surface area contributed by atoms with Crippen molar-refractivity contribution < 1.29 is 4.79 Å². The zero-order valence-corrected chi connectivity index (χ0v) is 5.53. The smallest absolute Gasteiger partial charge is 0.150 e. The first-order valence-corrected chi connectivity index (χ1v) is 2.51. The molecule has 0 saturated heterocycles. The van der Waals surface area contributed by atoms with Crippen LogP contribution in [0.5, 0.6) is 0 Å². The molecule has 0 rings (SSSR count). The summed E-state index contributed by atoms with van der Waals surface area (Å²) in [6.45, 7) is 3.39.